The molecule has 2 nitrogen and oxygen atoms in total. The van der Waals surface area contributed by atoms with Crippen molar-refractivity contribution < 1.29 is 4.39 Å². The fourth-order valence-electron chi connectivity index (χ4n) is 2.56. The fourth-order valence-corrected chi connectivity index (χ4v) is 2.56. The monoisotopic (exact) mass is 250 g/mol. The maximum atomic E-state index is 13.0. The van der Waals surface area contributed by atoms with Crippen LogP contribution in [0.15, 0.2) is 24.3 Å². The third kappa shape index (κ3) is 4.39. The average molecular weight is 250 g/mol. The molecule has 1 unspecified atom stereocenters. The highest BCUT2D eigenvalue weighted by molar-refractivity contribution is 5.17. The molecule has 1 aliphatic heterocycles. The Morgan fingerprint density at radius 3 is 2.83 bits per heavy atom. The lowest BCUT2D eigenvalue weighted by Gasteiger charge is -2.18. The first-order valence-corrected chi connectivity index (χ1v) is 6.94. The molecule has 1 atom stereocenters. The lowest BCUT2D eigenvalue weighted by atomic mass is 10.1. The maximum Gasteiger partial charge on any atom is 0.123 e. The number of hydrogen-bond donors (Lipinski definition) is 1. The molecule has 1 fully saturated rings. The van der Waals surface area contributed by atoms with Gasteiger partial charge in [-0.25, -0.2) is 4.39 Å². The summed E-state index contributed by atoms with van der Waals surface area (Å²) in [6.45, 7) is 6.82. The Kier molecular flexibility index (Phi) is 5.14. The summed E-state index contributed by atoms with van der Waals surface area (Å²) in [5, 5.41) is 3.51. The number of hydrogen-bond acceptors (Lipinski definition) is 2. The van der Waals surface area contributed by atoms with Crippen LogP contribution < -0.4 is 5.32 Å². The van der Waals surface area contributed by atoms with Gasteiger partial charge in [0.15, 0.2) is 0 Å². The molecule has 1 heterocycles. The third-order valence-corrected chi connectivity index (χ3v) is 3.55. The molecule has 1 saturated heterocycles. The predicted octanol–water partition coefficient (Wildman–Crippen LogP) is 2.44. The summed E-state index contributed by atoms with van der Waals surface area (Å²) < 4.78 is 13.0. The van der Waals surface area contributed by atoms with Gasteiger partial charge in [-0.05, 0) is 57.0 Å². The molecule has 0 aromatic heterocycles. The standard InChI is InChI=1S/C15H23FN2/c1-13(11-14-5-4-6-15(16)12-14)17-7-10-18-8-2-3-9-18/h4-6,12-13,17H,2-3,7-11H2,1H3. The molecule has 100 valence electrons. The number of rotatable bonds is 6. The molecule has 2 rings (SSSR count). The normalized spacial score (nSPS) is 18.1. The molecule has 1 aliphatic rings. The minimum absolute atomic E-state index is 0.142. The molecule has 0 amide bonds. The second-order valence-electron chi connectivity index (χ2n) is 5.24. The summed E-state index contributed by atoms with van der Waals surface area (Å²) in [5.74, 6) is -0.142. The summed E-state index contributed by atoms with van der Waals surface area (Å²) in [4.78, 5) is 2.50. The predicted molar refractivity (Wildman–Crippen MR) is 73.2 cm³/mol. The Hall–Kier alpha value is -0.930. The maximum absolute atomic E-state index is 13.0. The van der Waals surface area contributed by atoms with Crippen molar-refractivity contribution in [3.05, 3.63) is 35.6 Å². The first-order chi connectivity index (χ1) is 8.74. The molecule has 3 heteroatoms. The van der Waals surface area contributed by atoms with E-state index in [4.69, 9.17) is 0 Å². The van der Waals surface area contributed by atoms with E-state index in [-0.39, 0.29) is 5.82 Å². The number of nitrogens with zero attached hydrogens (tertiary/aromatic N) is 1. The van der Waals surface area contributed by atoms with E-state index in [0.29, 0.717) is 6.04 Å². The number of nitrogens with one attached hydrogen (secondary N) is 1. The van der Waals surface area contributed by atoms with Crippen LogP contribution in [0, 0.1) is 5.82 Å². The van der Waals surface area contributed by atoms with Gasteiger partial charge in [-0.15, -0.1) is 0 Å². The van der Waals surface area contributed by atoms with Gasteiger partial charge in [-0.3, -0.25) is 0 Å². The number of halogens is 1. The third-order valence-electron chi connectivity index (χ3n) is 3.55. The van der Waals surface area contributed by atoms with Gasteiger partial charge in [0, 0.05) is 19.1 Å². The van der Waals surface area contributed by atoms with E-state index in [2.05, 4.69) is 17.1 Å². The lowest BCUT2D eigenvalue weighted by Crippen LogP contribution is -2.35. The van der Waals surface area contributed by atoms with Crippen molar-refractivity contribution in [3.63, 3.8) is 0 Å². The Morgan fingerprint density at radius 2 is 2.11 bits per heavy atom. The first-order valence-electron chi connectivity index (χ1n) is 6.94. The molecule has 1 aromatic rings. The summed E-state index contributed by atoms with van der Waals surface area (Å²) in [6.07, 6.45) is 3.58. The van der Waals surface area contributed by atoms with E-state index in [9.17, 15) is 4.39 Å². The molecular weight excluding hydrogens is 227 g/mol. The molecule has 1 N–H and O–H groups in total. The fraction of sp³-hybridized carbons (Fsp3) is 0.600. The highest BCUT2D eigenvalue weighted by Gasteiger charge is 2.11. The Labute approximate surface area is 109 Å². The van der Waals surface area contributed by atoms with Crippen LogP contribution in [0.25, 0.3) is 0 Å². The van der Waals surface area contributed by atoms with E-state index >= 15 is 0 Å². The van der Waals surface area contributed by atoms with Crippen molar-refractivity contribution in [3.8, 4) is 0 Å². The topological polar surface area (TPSA) is 15.3 Å². The van der Waals surface area contributed by atoms with Crippen LogP contribution >= 0.6 is 0 Å². The van der Waals surface area contributed by atoms with Gasteiger partial charge < -0.3 is 10.2 Å². The Balaban J connectivity index is 1.66. The molecule has 0 radical (unpaired) electrons. The minimum Gasteiger partial charge on any atom is -0.313 e. The minimum atomic E-state index is -0.142. The molecule has 1 aromatic carbocycles. The van der Waals surface area contributed by atoms with Crippen LogP contribution in [0.3, 0.4) is 0 Å². The van der Waals surface area contributed by atoms with Gasteiger partial charge >= 0.3 is 0 Å². The van der Waals surface area contributed by atoms with Crippen LogP contribution in [-0.4, -0.2) is 37.1 Å². The van der Waals surface area contributed by atoms with Crippen molar-refractivity contribution in [1.82, 2.24) is 10.2 Å². The molecule has 0 saturated carbocycles. The summed E-state index contributed by atoms with van der Waals surface area (Å²) in [7, 11) is 0. The molecule has 18 heavy (non-hydrogen) atoms. The van der Waals surface area contributed by atoms with Crippen LogP contribution in [0.2, 0.25) is 0 Å². The molecular formula is C15H23FN2. The smallest absolute Gasteiger partial charge is 0.123 e. The summed E-state index contributed by atoms with van der Waals surface area (Å²) in [5.41, 5.74) is 1.07. The second kappa shape index (κ2) is 6.86. The van der Waals surface area contributed by atoms with Gasteiger partial charge in [-0.1, -0.05) is 12.1 Å². The quantitative estimate of drug-likeness (QED) is 0.834. The highest BCUT2D eigenvalue weighted by Crippen LogP contribution is 2.07. The van der Waals surface area contributed by atoms with Crippen LogP contribution in [0.5, 0.6) is 0 Å². The molecule has 0 spiro atoms. The zero-order valence-corrected chi connectivity index (χ0v) is 11.2. The zero-order chi connectivity index (χ0) is 12.8. The van der Waals surface area contributed by atoms with E-state index in [1.807, 2.05) is 6.07 Å². The van der Waals surface area contributed by atoms with Gasteiger partial charge in [0.25, 0.3) is 0 Å². The lowest BCUT2D eigenvalue weighted by molar-refractivity contribution is 0.329. The zero-order valence-electron chi connectivity index (χ0n) is 11.2. The van der Waals surface area contributed by atoms with Crippen molar-refractivity contribution in [2.75, 3.05) is 26.2 Å². The molecule has 0 aliphatic carbocycles. The van der Waals surface area contributed by atoms with Crippen molar-refractivity contribution in [1.29, 1.82) is 0 Å². The largest absolute Gasteiger partial charge is 0.313 e. The van der Waals surface area contributed by atoms with E-state index in [1.54, 1.807) is 12.1 Å². The number of benzene rings is 1. The Bertz CT molecular complexity index is 361. The Morgan fingerprint density at radius 1 is 1.33 bits per heavy atom. The van der Waals surface area contributed by atoms with Gasteiger partial charge in [0.2, 0.25) is 0 Å². The van der Waals surface area contributed by atoms with Crippen LogP contribution in [0.4, 0.5) is 4.39 Å². The SMILES string of the molecule is CC(Cc1cccc(F)c1)NCCN1CCCC1. The summed E-state index contributed by atoms with van der Waals surface area (Å²) in [6, 6.07) is 7.28. The summed E-state index contributed by atoms with van der Waals surface area (Å²) >= 11 is 0. The second-order valence-corrected chi connectivity index (χ2v) is 5.24. The van der Waals surface area contributed by atoms with Crippen LogP contribution in [0.1, 0.15) is 25.3 Å². The van der Waals surface area contributed by atoms with E-state index < -0.39 is 0 Å². The van der Waals surface area contributed by atoms with Gasteiger partial charge in [0.05, 0.1) is 0 Å². The molecule has 0 bridgehead atoms. The van der Waals surface area contributed by atoms with Gasteiger partial charge in [0.1, 0.15) is 5.82 Å². The average Bonchev–Trinajstić information content (AvgIpc) is 2.82. The van der Waals surface area contributed by atoms with Gasteiger partial charge in [-0.2, -0.15) is 0 Å². The van der Waals surface area contributed by atoms with Crippen LogP contribution in [-0.2, 0) is 6.42 Å². The van der Waals surface area contributed by atoms with Crippen molar-refractivity contribution in [2.45, 2.75) is 32.2 Å². The first kappa shape index (κ1) is 13.5. The highest BCUT2D eigenvalue weighted by atomic mass is 19.1. The van der Waals surface area contributed by atoms with E-state index in [0.717, 1.165) is 25.1 Å². The van der Waals surface area contributed by atoms with Crippen molar-refractivity contribution in [2.24, 2.45) is 0 Å². The number of likely N-dealkylation sites (tertiary alicyclic amines) is 1. The van der Waals surface area contributed by atoms with Crippen molar-refractivity contribution >= 4 is 0 Å². The van der Waals surface area contributed by atoms with E-state index in [1.165, 1.54) is 32.0 Å².